The zero-order chi connectivity index (χ0) is 18.3. The zero-order valence-corrected chi connectivity index (χ0v) is 15.2. The van der Waals surface area contributed by atoms with E-state index in [0.717, 1.165) is 22.4 Å². The number of anilines is 2. The minimum Gasteiger partial charge on any atom is -0.477 e. The molecular formula is C20H20N2O3S. The number of thiazole rings is 1. The molecule has 0 aliphatic heterocycles. The van der Waals surface area contributed by atoms with Gasteiger partial charge in [-0.05, 0) is 42.7 Å². The molecule has 1 aliphatic carbocycles. The van der Waals surface area contributed by atoms with E-state index in [1.807, 2.05) is 17.0 Å². The SMILES string of the molecule is C[C@@H](O)CN(c1ncc(C(=O)O)s1)c1ccc(C2CC2)c2ccccc12. The van der Waals surface area contributed by atoms with Gasteiger partial charge in [-0.25, -0.2) is 9.78 Å². The topological polar surface area (TPSA) is 73.7 Å². The quantitative estimate of drug-likeness (QED) is 0.675. The van der Waals surface area contributed by atoms with Gasteiger partial charge in [0.2, 0.25) is 0 Å². The van der Waals surface area contributed by atoms with Gasteiger partial charge in [-0.15, -0.1) is 0 Å². The van der Waals surface area contributed by atoms with Crippen LogP contribution in [0.1, 0.15) is 40.9 Å². The van der Waals surface area contributed by atoms with E-state index < -0.39 is 12.1 Å². The lowest BCUT2D eigenvalue weighted by molar-refractivity contribution is 0.0702. The monoisotopic (exact) mass is 368 g/mol. The number of carboxylic acid groups (broad SMARTS) is 1. The number of hydrogen-bond donors (Lipinski definition) is 2. The van der Waals surface area contributed by atoms with Crippen LogP contribution in [0.2, 0.25) is 0 Å². The van der Waals surface area contributed by atoms with Crippen molar-refractivity contribution in [1.29, 1.82) is 0 Å². The summed E-state index contributed by atoms with van der Waals surface area (Å²) >= 11 is 1.12. The van der Waals surface area contributed by atoms with Crippen LogP contribution in [-0.2, 0) is 0 Å². The van der Waals surface area contributed by atoms with Crippen LogP contribution in [0.4, 0.5) is 10.8 Å². The first-order valence-electron chi connectivity index (χ1n) is 8.71. The Labute approximate surface area is 155 Å². The Morgan fingerprint density at radius 2 is 2.00 bits per heavy atom. The lowest BCUT2D eigenvalue weighted by Crippen LogP contribution is -2.26. The molecule has 1 atom stereocenters. The maximum Gasteiger partial charge on any atom is 0.347 e. The van der Waals surface area contributed by atoms with Crippen LogP contribution in [0.25, 0.3) is 10.8 Å². The maximum absolute atomic E-state index is 11.2. The minimum atomic E-state index is -0.986. The van der Waals surface area contributed by atoms with Crippen LogP contribution in [-0.4, -0.2) is 33.8 Å². The molecule has 0 radical (unpaired) electrons. The van der Waals surface area contributed by atoms with Gasteiger partial charge in [0.25, 0.3) is 0 Å². The first-order chi connectivity index (χ1) is 12.5. The average molecular weight is 368 g/mol. The fraction of sp³-hybridized carbons (Fsp3) is 0.300. The number of nitrogens with zero attached hydrogens (tertiary/aromatic N) is 2. The van der Waals surface area contributed by atoms with Gasteiger partial charge in [-0.3, -0.25) is 0 Å². The van der Waals surface area contributed by atoms with Crippen LogP contribution < -0.4 is 4.90 Å². The van der Waals surface area contributed by atoms with Crippen molar-refractivity contribution in [3.63, 3.8) is 0 Å². The Morgan fingerprint density at radius 3 is 2.62 bits per heavy atom. The van der Waals surface area contributed by atoms with Crippen molar-refractivity contribution in [2.75, 3.05) is 11.4 Å². The van der Waals surface area contributed by atoms with Crippen molar-refractivity contribution in [3.05, 3.63) is 53.0 Å². The number of benzene rings is 2. The Balaban J connectivity index is 1.85. The second-order valence-electron chi connectivity index (χ2n) is 6.77. The van der Waals surface area contributed by atoms with Crippen LogP contribution in [0, 0.1) is 0 Å². The largest absolute Gasteiger partial charge is 0.477 e. The van der Waals surface area contributed by atoms with Crippen molar-refractivity contribution in [1.82, 2.24) is 4.98 Å². The summed E-state index contributed by atoms with van der Waals surface area (Å²) in [6.45, 7) is 2.07. The summed E-state index contributed by atoms with van der Waals surface area (Å²) in [7, 11) is 0. The minimum absolute atomic E-state index is 0.189. The van der Waals surface area contributed by atoms with Gasteiger partial charge in [0.05, 0.1) is 24.5 Å². The molecule has 2 N–H and O–H groups in total. The standard InChI is InChI=1S/C20H20N2O3S/c1-12(23)11-22(20-21-10-18(26-20)19(24)25)17-9-8-14(13-6-7-13)15-4-2-3-5-16(15)17/h2-5,8-10,12-13,23H,6-7,11H2,1H3,(H,24,25)/t12-/m1/s1. The van der Waals surface area contributed by atoms with Crippen LogP contribution in [0.5, 0.6) is 0 Å². The zero-order valence-electron chi connectivity index (χ0n) is 14.4. The molecule has 0 unspecified atom stereocenters. The highest BCUT2D eigenvalue weighted by atomic mass is 32.1. The number of fused-ring (bicyclic) bond motifs is 1. The van der Waals surface area contributed by atoms with E-state index in [4.69, 9.17) is 0 Å². The van der Waals surface area contributed by atoms with Gasteiger partial charge in [0, 0.05) is 5.39 Å². The molecular weight excluding hydrogens is 348 g/mol. The number of carboxylic acids is 1. The van der Waals surface area contributed by atoms with E-state index in [1.54, 1.807) is 6.92 Å². The molecule has 1 saturated carbocycles. The molecule has 1 heterocycles. The molecule has 134 valence electrons. The Bertz CT molecular complexity index is 963. The molecule has 4 rings (SSSR count). The predicted molar refractivity (Wildman–Crippen MR) is 104 cm³/mol. The number of aliphatic hydroxyl groups excluding tert-OH is 1. The van der Waals surface area contributed by atoms with E-state index in [2.05, 4.69) is 29.2 Å². The van der Waals surface area contributed by atoms with Gasteiger partial charge in [0.1, 0.15) is 4.88 Å². The molecule has 0 spiro atoms. The highest BCUT2D eigenvalue weighted by Gasteiger charge is 2.27. The van der Waals surface area contributed by atoms with Crippen molar-refractivity contribution < 1.29 is 15.0 Å². The van der Waals surface area contributed by atoms with E-state index in [9.17, 15) is 15.0 Å². The fourth-order valence-corrected chi connectivity index (χ4v) is 4.10. The number of aromatic carboxylic acids is 1. The van der Waals surface area contributed by atoms with Crippen molar-refractivity contribution in [2.24, 2.45) is 0 Å². The second kappa shape index (κ2) is 6.70. The number of aromatic nitrogens is 1. The predicted octanol–water partition coefficient (Wildman–Crippen LogP) is 4.39. The number of carbonyl (C=O) groups is 1. The van der Waals surface area contributed by atoms with Gasteiger partial charge in [-0.2, -0.15) is 0 Å². The summed E-state index contributed by atoms with van der Waals surface area (Å²) in [6.07, 6.45) is 3.26. The first kappa shape index (κ1) is 17.0. The van der Waals surface area contributed by atoms with Gasteiger partial charge < -0.3 is 15.1 Å². The fourth-order valence-electron chi connectivity index (χ4n) is 3.32. The smallest absolute Gasteiger partial charge is 0.347 e. The number of hydrogen-bond acceptors (Lipinski definition) is 5. The van der Waals surface area contributed by atoms with Gasteiger partial charge >= 0.3 is 5.97 Å². The first-order valence-corrected chi connectivity index (χ1v) is 9.52. The summed E-state index contributed by atoms with van der Waals surface area (Å²) in [6, 6.07) is 12.5. The molecule has 0 bridgehead atoms. The van der Waals surface area contributed by atoms with Crippen LogP contribution in [0.15, 0.2) is 42.6 Å². The maximum atomic E-state index is 11.2. The molecule has 0 saturated heterocycles. The molecule has 1 fully saturated rings. The summed E-state index contributed by atoms with van der Waals surface area (Å²) in [5, 5.41) is 22.1. The lowest BCUT2D eigenvalue weighted by atomic mass is 9.99. The molecule has 5 nitrogen and oxygen atoms in total. The number of rotatable bonds is 6. The number of aliphatic hydroxyl groups is 1. The summed E-state index contributed by atoms with van der Waals surface area (Å²) < 4.78 is 0. The third-order valence-electron chi connectivity index (χ3n) is 4.62. The summed E-state index contributed by atoms with van der Waals surface area (Å²) in [4.78, 5) is 17.6. The Morgan fingerprint density at radius 1 is 1.27 bits per heavy atom. The average Bonchev–Trinajstić information content (AvgIpc) is 3.34. The molecule has 26 heavy (non-hydrogen) atoms. The second-order valence-corrected chi connectivity index (χ2v) is 7.77. The Hall–Kier alpha value is -2.44. The molecule has 0 amide bonds. The molecule has 6 heteroatoms. The van der Waals surface area contributed by atoms with E-state index in [-0.39, 0.29) is 4.88 Å². The molecule has 1 aromatic heterocycles. The summed E-state index contributed by atoms with van der Waals surface area (Å²) in [5.74, 6) is -0.350. The highest BCUT2D eigenvalue weighted by molar-refractivity contribution is 7.17. The summed E-state index contributed by atoms with van der Waals surface area (Å²) in [5.41, 5.74) is 2.31. The molecule has 3 aromatic rings. The third kappa shape index (κ3) is 3.18. The van der Waals surface area contributed by atoms with Crippen molar-refractivity contribution in [2.45, 2.75) is 31.8 Å². The molecule has 1 aliphatic rings. The van der Waals surface area contributed by atoms with Crippen molar-refractivity contribution >= 4 is 38.9 Å². The van der Waals surface area contributed by atoms with Gasteiger partial charge in [0.15, 0.2) is 5.13 Å². The Kier molecular flexibility index (Phi) is 4.38. The normalized spacial score (nSPS) is 15.2. The van der Waals surface area contributed by atoms with Gasteiger partial charge in [-0.1, -0.05) is 41.7 Å². The van der Waals surface area contributed by atoms with E-state index >= 15 is 0 Å². The molecule has 2 aromatic carbocycles. The third-order valence-corrected chi connectivity index (χ3v) is 5.63. The highest BCUT2D eigenvalue weighted by Crippen LogP contribution is 2.45. The van der Waals surface area contributed by atoms with Crippen LogP contribution in [0.3, 0.4) is 0 Å². The van der Waals surface area contributed by atoms with Crippen LogP contribution >= 0.6 is 11.3 Å². The van der Waals surface area contributed by atoms with E-state index in [1.165, 1.54) is 30.0 Å². The van der Waals surface area contributed by atoms with E-state index in [0.29, 0.717) is 17.6 Å². The van der Waals surface area contributed by atoms with Crippen molar-refractivity contribution in [3.8, 4) is 0 Å². The lowest BCUT2D eigenvalue weighted by Gasteiger charge is -2.25.